The van der Waals surface area contributed by atoms with Crippen molar-refractivity contribution in [3.63, 3.8) is 0 Å². The first kappa shape index (κ1) is 13.5. The number of hydrogen-bond acceptors (Lipinski definition) is 4. The number of piperazine rings is 1. The summed E-state index contributed by atoms with van der Waals surface area (Å²) in [4.78, 5) is 8.99. The molecule has 3 nitrogen and oxygen atoms in total. The van der Waals surface area contributed by atoms with E-state index in [0.717, 1.165) is 32.1 Å². The minimum atomic E-state index is 0.240. The molecule has 1 N–H and O–H groups in total. The third kappa shape index (κ3) is 3.18. The van der Waals surface area contributed by atoms with Crippen LogP contribution in [0, 0.1) is 5.92 Å². The van der Waals surface area contributed by atoms with Crippen molar-refractivity contribution in [3.8, 4) is 0 Å². The monoisotopic (exact) mass is 279 g/mol. The van der Waals surface area contributed by atoms with Crippen molar-refractivity contribution in [3.05, 3.63) is 15.6 Å². The van der Waals surface area contributed by atoms with E-state index in [1.54, 1.807) is 4.88 Å². The maximum absolute atomic E-state index is 4.88. The van der Waals surface area contributed by atoms with E-state index in [4.69, 9.17) is 4.98 Å². The Morgan fingerprint density at radius 1 is 1.47 bits per heavy atom. The lowest BCUT2D eigenvalue weighted by atomic mass is 9.93. The lowest BCUT2D eigenvalue weighted by Gasteiger charge is -2.38. The first-order chi connectivity index (χ1) is 9.02. The largest absolute Gasteiger partial charge is 0.309 e. The Kier molecular flexibility index (Phi) is 3.67. The first-order valence-corrected chi connectivity index (χ1v) is 8.28. The van der Waals surface area contributed by atoms with Gasteiger partial charge in [-0.1, -0.05) is 6.92 Å². The highest BCUT2D eigenvalue weighted by Crippen LogP contribution is 2.30. The average molecular weight is 279 g/mol. The molecule has 1 atom stereocenters. The molecule has 0 spiro atoms. The van der Waals surface area contributed by atoms with Crippen molar-refractivity contribution < 1.29 is 0 Å². The van der Waals surface area contributed by atoms with Crippen LogP contribution in [0.1, 0.15) is 42.8 Å². The number of thiazole rings is 1. The van der Waals surface area contributed by atoms with Crippen LogP contribution in [0.2, 0.25) is 0 Å². The van der Waals surface area contributed by atoms with Gasteiger partial charge in [0.1, 0.15) is 5.01 Å². The molecule has 1 aromatic rings. The number of rotatable bonds is 2. The van der Waals surface area contributed by atoms with Crippen molar-refractivity contribution in [1.29, 1.82) is 0 Å². The van der Waals surface area contributed by atoms with Crippen LogP contribution in [0.3, 0.4) is 0 Å². The molecule has 1 aliphatic carbocycles. The maximum atomic E-state index is 4.88. The third-order valence-electron chi connectivity index (χ3n) is 4.24. The Morgan fingerprint density at radius 2 is 2.32 bits per heavy atom. The molecule has 2 aliphatic rings. The van der Waals surface area contributed by atoms with E-state index < -0.39 is 0 Å². The molecular formula is C15H25N3S. The molecule has 106 valence electrons. The number of aryl methyl sites for hydroxylation is 1. The standard InChI is InChI=1S/C15H25N3S/c1-11-4-5-12-13(8-11)19-14(17-12)9-18-7-6-16-15(2,3)10-18/h11,16H,4-10H2,1-3H3. The summed E-state index contributed by atoms with van der Waals surface area (Å²) in [6, 6.07) is 0. The van der Waals surface area contributed by atoms with E-state index in [9.17, 15) is 0 Å². The molecule has 0 radical (unpaired) electrons. The molecule has 1 fully saturated rings. The molecule has 0 amide bonds. The van der Waals surface area contributed by atoms with E-state index in [1.807, 2.05) is 11.3 Å². The molecule has 0 aromatic carbocycles. The summed E-state index contributed by atoms with van der Waals surface area (Å²) in [6.07, 6.45) is 3.76. The van der Waals surface area contributed by atoms with E-state index in [0.29, 0.717) is 0 Å². The van der Waals surface area contributed by atoms with Gasteiger partial charge < -0.3 is 5.32 Å². The van der Waals surface area contributed by atoms with Gasteiger partial charge in [-0.05, 0) is 39.0 Å². The quantitative estimate of drug-likeness (QED) is 0.901. The van der Waals surface area contributed by atoms with E-state index >= 15 is 0 Å². The van der Waals surface area contributed by atoms with E-state index in [-0.39, 0.29) is 5.54 Å². The summed E-state index contributed by atoms with van der Waals surface area (Å²) < 4.78 is 0. The summed E-state index contributed by atoms with van der Waals surface area (Å²) in [5.74, 6) is 0.846. The van der Waals surface area contributed by atoms with E-state index in [1.165, 1.54) is 30.0 Å². The molecule has 3 rings (SSSR count). The molecule has 0 saturated carbocycles. The van der Waals surface area contributed by atoms with Crippen LogP contribution in [-0.2, 0) is 19.4 Å². The summed E-state index contributed by atoms with van der Waals surface area (Å²) in [5.41, 5.74) is 1.64. The van der Waals surface area contributed by atoms with Gasteiger partial charge in [-0.3, -0.25) is 4.90 Å². The predicted molar refractivity (Wildman–Crippen MR) is 80.7 cm³/mol. The second kappa shape index (κ2) is 5.15. The van der Waals surface area contributed by atoms with Gasteiger partial charge in [0.25, 0.3) is 0 Å². The van der Waals surface area contributed by atoms with Gasteiger partial charge in [-0.15, -0.1) is 11.3 Å². The van der Waals surface area contributed by atoms with Crippen LogP contribution in [0.15, 0.2) is 0 Å². The number of fused-ring (bicyclic) bond motifs is 1. The molecule has 1 aromatic heterocycles. The minimum Gasteiger partial charge on any atom is -0.309 e. The average Bonchev–Trinajstić information content (AvgIpc) is 2.68. The summed E-state index contributed by atoms with van der Waals surface area (Å²) in [5, 5.41) is 4.90. The number of hydrogen-bond donors (Lipinski definition) is 1. The van der Waals surface area contributed by atoms with Gasteiger partial charge in [0, 0.05) is 30.1 Å². The Bertz CT molecular complexity index is 452. The zero-order valence-electron chi connectivity index (χ0n) is 12.3. The van der Waals surface area contributed by atoms with Crippen LogP contribution in [0.25, 0.3) is 0 Å². The van der Waals surface area contributed by atoms with Crippen LogP contribution >= 0.6 is 11.3 Å². The SMILES string of the molecule is CC1CCc2nc(CN3CCNC(C)(C)C3)sc2C1. The van der Waals surface area contributed by atoms with Gasteiger partial charge in [0.15, 0.2) is 0 Å². The summed E-state index contributed by atoms with van der Waals surface area (Å²) in [6.45, 7) is 11.3. The molecule has 1 unspecified atom stereocenters. The van der Waals surface area contributed by atoms with Crippen molar-refractivity contribution in [1.82, 2.24) is 15.2 Å². The second-order valence-electron chi connectivity index (χ2n) is 6.85. The highest BCUT2D eigenvalue weighted by molar-refractivity contribution is 7.11. The molecule has 0 bridgehead atoms. The number of nitrogens with one attached hydrogen (secondary N) is 1. The zero-order valence-corrected chi connectivity index (χ0v) is 13.1. The predicted octanol–water partition coefficient (Wildman–Crippen LogP) is 2.45. The molecular weight excluding hydrogens is 254 g/mol. The Morgan fingerprint density at radius 3 is 3.11 bits per heavy atom. The topological polar surface area (TPSA) is 28.2 Å². The minimum absolute atomic E-state index is 0.240. The van der Waals surface area contributed by atoms with Crippen LogP contribution in [-0.4, -0.2) is 35.1 Å². The lowest BCUT2D eigenvalue weighted by molar-refractivity contribution is 0.148. The Hall–Kier alpha value is -0.450. The van der Waals surface area contributed by atoms with Gasteiger partial charge in [-0.2, -0.15) is 0 Å². The third-order valence-corrected chi connectivity index (χ3v) is 5.34. The van der Waals surface area contributed by atoms with Crippen LogP contribution in [0.5, 0.6) is 0 Å². The molecule has 19 heavy (non-hydrogen) atoms. The van der Waals surface area contributed by atoms with Crippen molar-refractivity contribution >= 4 is 11.3 Å². The summed E-state index contributed by atoms with van der Waals surface area (Å²) >= 11 is 1.96. The van der Waals surface area contributed by atoms with Crippen molar-refractivity contribution in [2.45, 2.75) is 52.1 Å². The molecule has 2 heterocycles. The zero-order chi connectivity index (χ0) is 13.5. The van der Waals surface area contributed by atoms with Gasteiger partial charge >= 0.3 is 0 Å². The maximum Gasteiger partial charge on any atom is 0.107 e. The van der Waals surface area contributed by atoms with Gasteiger partial charge in [0.05, 0.1) is 12.2 Å². The highest BCUT2D eigenvalue weighted by atomic mass is 32.1. The summed E-state index contributed by atoms with van der Waals surface area (Å²) in [7, 11) is 0. The molecule has 4 heteroatoms. The molecule has 1 saturated heterocycles. The Labute approximate surface area is 120 Å². The lowest BCUT2D eigenvalue weighted by Crippen LogP contribution is -2.56. The second-order valence-corrected chi connectivity index (χ2v) is 8.01. The fraction of sp³-hybridized carbons (Fsp3) is 0.800. The van der Waals surface area contributed by atoms with Crippen molar-refractivity contribution in [2.75, 3.05) is 19.6 Å². The first-order valence-electron chi connectivity index (χ1n) is 7.47. The molecule has 1 aliphatic heterocycles. The normalized spacial score (nSPS) is 27.2. The smallest absolute Gasteiger partial charge is 0.107 e. The number of aromatic nitrogens is 1. The van der Waals surface area contributed by atoms with Crippen molar-refractivity contribution in [2.24, 2.45) is 5.92 Å². The van der Waals surface area contributed by atoms with Gasteiger partial charge in [-0.25, -0.2) is 4.98 Å². The van der Waals surface area contributed by atoms with Gasteiger partial charge in [0.2, 0.25) is 0 Å². The van der Waals surface area contributed by atoms with Crippen LogP contribution < -0.4 is 5.32 Å². The Balaban J connectivity index is 1.67. The number of nitrogens with zero attached hydrogens (tertiary/aromatic N) is 2. The van der Waals surface area contributed by atoms with Crippen LogP contribution in [0.4, 0.5) is 0 Å². The van der Waals surface area contributed by atoms with E-state index in [2.05, 4.69) is 31.0 Å². The fourth-order valence-corrected chi connectivity index (χ4v) is 4.55. The highest BCUT2D eigenvalue weighted by Gasteiger charge is 2.27. The fourth-order valence-electron chi connectivity index (χ4n) is 3.23.